The third-order valence-corrected chi connectivity index (χ3v) is 1.16. The van der Waals surface area contributed by atoms with Gasteiger partial charge >= 0.3 is 0 Å². The van der Waals surface area contributed by atoms with Gasteiger partial charge < -0.3 is 9.47 Å². The van der Waals surface area contributed by atoms with Crippen LogP contribution in [0.4, 0.5) is 0 Å². The highest BCUT2D eigenvalue weighted by Gasteiger charge is 1.97. The first kappa shape index (κ1) is 15.7. The molecule has 0 amide bonds. The van der Waals surface area contributed by atoms with Crippen LogP contribution in [0.5, 0.6) is 11.5 Å². The Morgan fingerprint density at radius 2 is 1.40 bits per heavy atom. The highest BCUT2D eigenvalue weighted by atomic mass is 16.5. The van der Waals surface area contributed by atoms with Gasteiger partial charge in [0.1, 0.15) is 14.2 Å². The molecular weight excluding hydrogens is 192 g/mol. The number of allylic oxidation sites excluding steroid dienone is 1. The molecule has 0 bridgehead atoms. The van der Waals surface area contributed by atoms with Gasteiger partial charge in [0, 0.05) is 0 Å². The van der Waals surface area contributed by atoms with Gasteiger partial charge in [-0.25, -0.2) is 0 Å². The molecule has 3 radical (unpaired) electrons. The van der Waals surface area contributed by atoms with Crippen molar-refractivity contribution in [1.82, 2.24) is 0 Å². The van der Waals surface area contributed by atoms with Gasteiger partial charge in [-0.05, 0) is 19.1 Å². The Hall–Kier alpha value is -1.77. The molecule has 0 unspecified atom stereocenters. The molecule has 1 aromatic carbocycles. The zero-order valence-corrected chi connectivity index (χ0v) is 8.81. The predicted octanol–water partition coefficient (Wildman–Crippen LogP) is 2.95. The lowest BCUT2D eigenvalue weighted by molar-refractivity contribution is 0.409. The second-order valence-corrected chi connectivity index (χ2v) is 2.14. The fourth-order valence-electron chi connectivity index (χ4n) is 0.689. The van der Waals surface area contributed by atoms with Crippen molar-refractivity contribution in [1.29, 1.82) is 0 Å². The number of benzene rings is 1. The van der Waals surface area contributed by atoms with Crippen molar-refractivity contribution in [2.45, 2.75) is 6.92 Å². The van der Waals surface area contributed by atoms with E-state index in [1.165, 1.54) is 0 Å². The lowest BCUT2D eigenvalue weighted by atomic mass is 10.3. The van der Waals surface area contributed by atoms with Crippen molar-refractivity contribution in [3.63, 3.8) is 0 Å². The van der Waals surface area contributed by atoms with Gasteiger partial charge in [0.15, 0.2) is 18.3 Å². The monoisotopic (exact) mass is 207 g/mol. The van der Waals surface area contributed by atoms with Crippen LogP contribution in [-0.4, -0.2) is 6.79 Å². The molecule has 0 aliphatic rings. The molecule has 0 atom stereocenters. The molecule has 0 saturated heterocycles. The lowest BCUT2D eigenvalue weighted by Crippen LogP contribution is -1.84. The highest BCUT2D eigenvalue weighted by Crippen LogP contribution is 2.25. The van der Waals surface area contributed by atoms with Gasteiger partial charge in [-0.1, -0.05) is 18.2 Å². The Balaban J connectivity index is 0. The minimum atomic E-state index is 0.595. The number of hydrogen-bond donors (Lipinski definition) is 0. The third-order valence-electron chi connectivity index (χ3n) is 1.16. The first-order chi connectivity index (χ1) is 7.29. The maximum Gasteiger partial charge on any atom is 0.182 e. The van der Waals surface area contributed by atoms with E-state index < -0.39 is 0 Å². The summed E-state index contributed by atoms with van der Waals surface area (Å²) < 4.78 is 9.44. The minimum Gasteiger partial charge on any atom is -0.486 e. The SMILES string of the molecule is C=CC.[CH2]Oc1ccccc1O[CH2].[CH]=O. The Kier molecular flexibility index (Phi) is 12.8. The molecule has 0 aromatic heterocycles. The van der Waals surface area contributed by atoms with Crippen molar-refractivity contribution >= 4 is 6.79 Å². The van der Waals surface area contributed by atoms with Gasteiger partial charge in [-0.3, -0.25) is 4.79 Å². The van der Waals surface area contributed by atoms with Crippen LogP contribution < -0.4 is 9.47 Å². The molecule has 1 aromatic rings. The summed E-state index contributed by atoms with van der Waals surface area (Å²) >= 11 is 0. The minimum absolute atomic E-state index is 0.595. The van der Waals surface area contributed by atoms with Gasteiger partial charge in [0.05, 0.1) is 0 Å². The standard InChI is InChI=1S/C8H8O2.C3H6.CHO/c1-9-7-5-3-4-6-8(7)10-2;1-3-2;1-2/h3-6H,1-2H2;3H,1H2,2H3;1H. The van der Waals surface area contributed by atoms with Crippen LogP contribution in [0, 0.1) is 14.2 Å². The van der Waals surface area contributed by atoms with Crippen LogP contribution in [-0.2, 0) is 4.79 Å². The number of ether oxygens (including phenoxy) is 2. The fourth-order valence-corrected chi connectivity index (χ4v) is 0.689. The average Bonchev–Trinajstić information content (AvgIpc) is 2.32. The summed E-state index contributed by atoms with van der Waals surface area (Å²) in [5, 5.41) is 0. The summed E-state index contributed by atoms with van der Waals surface area (Å²) in [5.41, 5.74) is 0. The van der Waals surface area contributed by atoms with E-state index in [1.807, 2.05) is 19.1 Å². The Morgan fingerprint density at radius 1 is 1.13 bits per heavy atom. The normalized spacial score (nSPS) is 7.13. The zero-order chi connectivity index (χ0) is 12.1. The second-order valence-electron chi connectivity index (χ2n) is 2.14. The van der Waals surface area contributed by atoms with E-state index >= 15 is 0 Å². The van der Waals surface area contributed by atoms with Gasteiger partial charge in [-0.2, -0.15) is 0 Å². The summed E-state index contributed by atoms with van der Waals surface area (Å²) in [7, 11) is 6.51. The van der Waals surface area contributed by atoms with Crippen LogP contribution >= 0.6 is 0 Å². The number of rotatable bonds is 2. The largest absolute Gasteiger partial charge is 0.486 e. The Labute approximate surface area is 91.3 Å². The van der Waals surface area contributed by atoms with Crippen LogP contribution in [0.2, 0.25) is 0 Å². The lowest BCUT2D eigenvalue weighted by Gasteiger charge is -2.04. The molecule has 0 fully saturated rings. The summed E-state index contributed by atoms with van der Waals surface area (Å²) in [6.07, 6.45) is 1.75. The number of para-hydroxylation sites is 2. The smallest absolute Gasteiger partial charge is 0.182 e. The van der Waals surface area contributed by atoms with Crippen molar-refractivity contribution in [3.8, 4) is 11.5 Å². The van der Waals surface area contributed by atoms with Crippen LogP contribution in [0.3, 0.4) is 0 Å². The van der Waals surface area contributed by atoms with Crippen molar-refractivity contribution in [2.24, 2.45) is 0 Å². The molecule has 0 aliphatic heterocycles. The van der Waals surface area contributed by atoms with Crippen molar-refractivity contribution < 1.29 is 14.3 Å². The number of hydrogen-bond acceptors (Lipinski definition) is 3. The van der Waals surface area contributed by atoms with Crippen molar-refractivity contribution in [3.05, 3.63) is 51.1 Å². The Morgan fingerprint density at radius 3 is 1.60 bits per heavy atom. The van der Waals surface area contributed by atoms with E-state index in [-0.39, 0.29) is 0 Å². The fraction of sp³-hybridized carbons (Fsp3) is 0.0833. The van der Waals surface area contributed by atoms with Crippen LogP contribution in [0.15, 0.2) is 36.9 Å². The van der Waals surface area contributed by atoms with Crippen LogP contribution in [0.1, 0.15) is 6.92 Å². The van der Waals surface area contributed by atoms with Gasteiger partial charge in [0.25, 0.3) is 0 Å². The van der Waals surface area contributed by atoms with Crippen LogP contribution in [0.25, 0.3) is 0 Å². The first-order valence-electron chi connectivity index (χ1n) is 4.03. The summed E-state index contributed by atoms with van der Waals surface area (Å²) in [6, 6.07) is 7.19. The highest BCUT2D eigenvalue weighted by molar-refractivity contribution is 5.39. The molecule has 0 spiro atoms. The maximum atomic E-state index is 7.75. The van der Waals surface area contributed by atoms with Gasteiger partial charge in [-0.15, -0.1) is 6.58 Å². The molecule has 3 heteroatoms. The molecule has 1 rings (SSSR count). The molecule has 3 nitrogen and oxygen atoms in total. The molecule has 0 N–H and O–H groups in total. The topological polar surface area (TPSA) is 35.5 Å². The molecule has 81 valence electrons. The molecule has 0 heterocycles. The van der Waals surface area contributed by atoms with E-state index in [1.54, 1.807) is 18.2 Å². The maximum absolute atomic E-state index is 7.75. The van der Waals surface area contributed by atoms with E-state index in [0.29, 0.717) is 11.5 Å². The Bertz CT molecular complexity index is 236. The summed E-state index contributed by atoms with van der Waals surface area (Å²) in [5.74, 6) is 1.19. The van der Waals surface area contributed by atoms with Crippen molar-refractivity contribution in [2.75, 3.05) is 0 Å². The van der Waals surface area contributed by atoms with E-state index in [2.05, 4.69) is 27.6 Å². The molecule has 0 saturated carbocycles. The van der Waals surface area contributed by atoms with Gasteiger partial charge in [0.2, 0.25) is 0 Å². The van der Waals surface area contributed by atoms with E-state index in [9.17, 15) is 0 Å². The van der Waals surface area contributed by atoms with E-state index in [0.717, 1.165) is 0 Å². The predicted molar refractivity (Wildman–Crippen MR) is 61.0 cm³/mol. The molecule has 15 heavy (non-hydrogen) atoms. The third kappa shape index (κ3) is 7.31. The van der Waals surface area contributed by atoms with E-state index in [4.69, 9.17) is 14.3 Å². The summed E-state index contributed by atoms with van der Waals surface area (Å²) in [6.45, 7) is 8.50. The number of carbonyl (C=O) groups excluding carboxylic acids is 1. The zero-order valence-electron chi connectivity index (χ0n) is 8.81. The summed E-state index contributed by atoms with van der Waals surface area (Å²) in [4.78, 5) is 7.75. The molecule has 0 aliphatic carbocycles. The quantitative estimate of drug-likeness (QED) is 0.552. The second kappa shape index (κ2) is 12.2. The average molecular weight is 207 g/mol. The first-order valence-corrected chi connectivity index (χ1v) is 4.03. The molecular formula is C12H15O3.